The van der Waals surface area contributed by atoms with Crippen LogP contribution in [0.25, 0.3) is 0 Å². The maximum absolute atomic E-state index is 10.8. The van der Waals surface area contributed by atoms with Gasteiger partial charge in [0.15, 0.2) is 0 Å². The molecule has 1 aromatic rings. The first-order valence-corrected chi connectivity index (χ1v) is 7.15. The van der Waals surface area contributed by atoms with Gasteiger partial charge in [-0.05, 0) is 36.3 Å². The zero-order chi connectivity index (χ0) is 12.5. The Bertz CT molecular complexity index is 400. The van der Waals surface area contributed by atoms with Gasteiger partial charge in [-0.1, -0.05) is 54.4 Å². The maximum atomic E-state index is 10.8. The lowest BCUT2D eigenvalue weighted by Crippen LogP contribution is -2.40. The third-order valence-corrected chi connectivity index (χ3v) is 4.55. The van der Waals surface area contributed by atoms with E-state index in [1.165, 1.54) is 12.0 Å². The Labute approximate surface area is 112 Å². The summed E-state index contributed by atoms with van der Waals surface area (Å²) >= 11 is 3.56. The SMILES string of the molecule is CC1(C)CCCC(O)(Cc2ccccc2Br)C1. The van der Waals surface area contributed by atoms with E-state index in [0.29, 0.717) is 0 Å². The molecule has 1 saturated carbocycles. The Morgan fingerprint density at radius 2 is 1.94 bits per heavy atom. The molecule has 2 heteroatoms. The van der Waals surface area contributed by atoms with E-state index in [4.69, 9.17) is 0 Å². The zero-order valence-electron chi connectivity index (χ0n) is 10.7. The van der Waals surface area contributed by atoms with Gasteiger partial charge >= 0.3 is 0 Å². The molecule has 0 amide bonds. The van der Waals surface area contributed by atoms with Crippen molar-refractivity contribution in [2.24, 2.45) is 5.41 Å². The number of halogens is 1. The van der Waals surface area contributed by atoms with Gasteiger partial charge in [0.25, 0.3) is 0 Å². The van der Waals surface area contributed by atoms with Crippen molar-refractivity contribution in [2.75, 3.05) is 0 Å². The van der Waals surface area contributed by atoms with Crippen LogP contribution in [0.4, 0.5) is 0 Å². The highest BCUT2D eigenvalue weighted by Gasteiger charge is 2.38. The Morgan fingerprint density at radius 3 is 2.59 bits per heavy atom. The Kier molecular flexibility index (Phi) is 3.65. The molecular formula is C15H21BrO. The molecule has 94 valence electrons. The summed E-state index contributed by atoms with van der Waals surface area (Å²) < 4.78 is 1.11. The van der Waals surface area contributed by atoms with Crippen LogP contribution in [-0.4, -0.2) is 10.7 Å². The molecule has 1 nitrogen and oxygen atoms in total. The molecule has 2 rings (SSSR count). The van der Waals surface area contributed by atoms with E-state index in [1.807, 2.05) is 18.2 Å². The normalized spacial score (nSPS) is 28.0. The Hall–Kier alpha value is -0.340. The summed E-state index contributed by atoms with van der Waals surface area (Å²) in [4.78, 5) is 0. The third kappa shape index (κ3) is 3.32. The number of aliphatic hydroxyl groups is 1. The number of hydrogen-bond donors (Lipinski definition) is 1. The highest BCUT2D eigenvalue weighted by molar-refractivity contribution is 9.10. The van der Waals surface area contributed by atoms with Crippen molar-refractivity contribution in [2.45, 2.75) is 51.6 Å². The van der Waals surface area contributed by atoms with Crippen LogP contribution in [0.15, 0.2) is 28.7 Å². The molecule has 0 radical (unpaired) electrons. The van der Waals surface area contributed by atoms with E-state index in [0.717, 1.165) is 30.2 Å². The van der Waals surface area contributed by atoms with E-state index < -0.39 is 5.60 Å². The predicted molar refractivity (Wildman–Crippen MR) is 75.0 cm³/mol. The number of benzene rings is 1. The lowest BCUT2D eigenvalue weighted by molar-refractivity contribution is -0.0383. The van der Waals surface area contributed by atoms with Crippen LogP contribution < -0.4 is 0 Å². The first-order chi connectivity index (χ1) is 7.90. The standard InChI is InChI=1S/C15H21BrO/c1-14(2)8-5-9-15(17,11-14)10-12-6-3-4-7-13(12)16/h3-4,6-7,17H,5,8-11H2,1-2H3. The highest BCUT2D eigenvalue weighted by atomic mass is 79.9. The van der Waals surface area contributed by atoms with Crippen molar-refractivity contribution in [1.29, 1.82) is 0 Å². The van der Waals surface area contributed by atoms with Crippen molar-refractivity contribution in [3.63, 3.8) is 0 Å². The number of hydrogen-bond acceptors (Lipinski definition) is 1. The van der Waals surface area contributed by atoms with Gasteiger partial charge < -0.3 is 5.11 Å². The third-order valence-electron chi connectivity index (χ3n) is 3.78. The van der Waals surface area contributed by atoms with Gasteiger partial charge in [-0.15, -0.1) is 0 Å². The molecule has 0 aromatic heterocycles. The summed E-state index contributed by atoms with van der Waals surface area (Å²) in [7, 11) is 0. The Balaban J connectivity index is 2.15. The van der Waals surface area contributed by atoms with Gasteiger partial charge in [-0.2, -0.15) is 0 Å². The molecule has 1 unspecified atom stereocenters. The molecule has 1 fully saturated rings. The fourth-order valence-corrected chi connectivity index (χ4v) is 3.54. The highest BCUT2D eigenvalue weighted by Crippen LogP contribution is 2.42. The van der Waals surface area contributed by atoms with Gasteiger partial charge in [-0.25, -0.2) is 0 Å². The van der Waals surface area contributed by atoms with Gasteiger partial charge in [0.1, 0.15) is 0 Å². The second-order valence-electron chi connectivity index (χ2n) is 6.19. The zero-order valence-corrected chi connectivity index (χ0v) is 12.3. The minimum Gasteiger partial charge on any atom is -0.390 e. The molecule has 1 aliphatic rings. The van der Waals surface area contributed by atoms with E-state index in [1.54, 1.807) is 0 Å². The van der Waals surface area contributed by atoms with Gasteiger partial charge in [-0.3, -0.25) is 0 Å². The minimum absolute atomic E-state index is 0.272. The molecule has 1 atom stereocenters. The molecule has 0 saturated heterocycles. The fraction of sp³-hybridized carbons (Fsp3) is 0.600. The van der Waals surface area contributed by atoms with E-state index in [9.17, 15) is 5.11 Å². The van der Waals surface area contributed by atoms with E-state index in [2.05, 4.69) is 35.8 Å². The molecule has 1 aromatic carbocycles. The molecule has 0 spiro atoms. The molecule has 0 bridgehead atoms. The average Bonchev–Trinajstić information content (AvgIpc) is 2.19. The van der Waals surface area contributed by atoms with E-state index in [-0.39, 0.29) is 5.41 Å². The first kappa shape index (κ1) is 13.1. The molecule has 1 N–H and O–H groups in total. The fourth-order valence-electron chi connectivity index (χ4n) is 3.11. The van der Waals surface area contributed by atoms with Gasteiger partial charge in [0.05, 0.1) is 5.60 Å². The average molecular weight is 297 g/mol. The summed E-state index contributed by atoms with van der Waals surface area (Å²) in [5.41, 5.74) is 0.965. The van der Waals surface area contributed by atoms with Crippen molar-refractivity contribution in [3.8, 4) is 0 Å². The van der Waals surface area contributed by atoms with Gasteiger partial charge in [0.2, 0.25) is 0 Å². The first-order valence-electron chi connectivity index (χ1n) is 6.36. The molecule has 1 aliphatic carbocycles. The minimum atomic E-state index is -0.522. The van der Waals surface area contributed by atoms with Crippen LogP contribution in [0.3, 0.4) is 0 Å². The van der Waals surface area contributed by atoms with Crippen LogP contribution in [0.5, 0.6) is 0 Å². The van der Waals surface area contributed by atoms with Crippen LogP contribution in [-0.2, 0) is 6.42 Å². The van der Waals surface area contributed by atoms with Gasteiger partial charge in [0, 0.05) is 10.9 Å². The summed E-state index contributed by atoms with van der Waals surface area (Å²) in [5, 5.41) is 10.8. The second kappa shape index (κ2) is 4.74. The smallest absolute Gasteiger partial charge is 0.0693 e. The second-order valence-corrected chi connectivity index (χ2v) is 7.04. The van der Waals surface area contributed by atoms with Crippen molar-refractivity contribution < 1.29 is 5.11 Å². The summed E-state index contributed by atoms with van der Waals surface area (Å²) in [6, 6.07) is 8.20. The topological polar surface area (TPSA) is 20.2 Å². The van der Waals surface area contributed by atoms with Crippen LogP contribution in [0.2, 0.25) is 0 Å². The van der Waals surface area contributed by atoms with Crippen LogP contribution >= 0.6 is 15.9 Å². The maximum Gasteiger partial charge on any atom is 0.0693 e. The Morgan fingerprint density at radius 1 is 1.24 bits per heavy atom. The molecule has 0 heterocycles. The predicted octanol–water partition coefficient (Wildman–Crippen LogP) is 4.32. The molecular weight excluding hydrogens is 276 g/mol. The van der Waals surface area contributed by atoms with Crippen molar-refractivity contribution >= 4 is 15.9 Å². The number of rotatable bonds is 2. The molecule has 0 aliphatic heterocycles. The summed E-state index contributed by atoms with van der Waals surface area (Å²) in [5.74, 6) is 0. The van der Waals surface area contributed by atoms with E-state index >= 15 is 0 Å². The monoisotopic (exact) mass is 296 g/mol. The summed E-state index contributed by atoms with van der Waals surface area (Å²) in [6.07, 6.45) is 4.95. The van der Waals surface area contributed by atoms with Crippen molar-refractivity contribution in [3.05, 3.63) is 34.3 Å². The largest absolute Gasteiger partial charge is 0.390 e. The quantitative estimate of drug-likeness (QED) is 0.861. The lowest BCUT2D eigenvalue weighted by Gasteiger charge is -2.41. The summed E-state index contributed by atoms with van der Waals surface area (Å²) in [6.45, 7) is 4.52. The molecule has 17 heavy (non-hydrogen) atoms. The van der Waals surface area contributed by atoms with Crippen LogP contribution in [0.1, 0.15) is 45.1 Å². The van der Waals surface area contributed by atoms with Crippen molar-refractivity contribution in [1.82, 2.24) is 0 Å². The van der Waals surface area contributed by atoms with Crippen LogP contribution in [0, 0.1) is 5.41 Å². The lowest BCUT2D eigenvalue weighted by atomic mass is 9.68.